The van der Waals surface area contributed by atoms with E-state index in [1.807, 2.05) is 0 Å². The first-order valence-corrected chi connectivity index (χ1v) is 4.56. The normalized spacial score (nSPS) is 9.20. The Balaban J connectivity index is 0.00000196. The van der Waals surface area contributed by atoms with E-state index in [9.17, 15) is 0 Å². The fourth-order valence-electron chi connectivity index (χ4n) is 1.02. The molecule has 15 heavy (non-hydrogen) atoms. The molecule has 0 spiro atoms. The molecule has 82 valence electrons. The zero-order valence-corrected chi connectivity index (χ0v) is 9.67. The third-order valence-corrected chi connectivity index (χ3v) is 1.70. The molecule has 0 aliphatic rings. The van der Waals surface area contributed by atoms with E-state index < -0.39 is 0 Å². The summed E-state index contributed by atoms with van der Waals surface area (Å²) in [5, 5.41) is 8.82. The van der Waals surface area contributed by atoms with Crippen molar-refractivity contribution in [2.45, 2.75) is 13.8 Å². The topological polar surface area (TPSA) is 59.0 Å². The highest BCUT2D eigenvalue weighted by atomic mass is 35.5. The summed E-state index contributed by atoms with van der Waals surface area (Å²) in [6, 6.07) is 7.14. The molecule has 0 unspecified atom stereocenters. The van der Waals surface area contributed by atoms with Crippen LogP contribution in [0, 0.1) is 17.2 Å². The molecule has 0 aliphatic carbocycles. The number of hydrogen-bond donors (Lipinski definition) is 1. The van der Waals surface area contributed by atoms with E-state index in [2.05, 4.69) is 19.9 Å². The van der Waals surface area contributed by atoms with Gasteiger partial charge in [-0.05, 0) is 24.1 Å². The van der Waals surface area contributed by atoms with Crippen LogP contribution < -0.4 is 10.5 Å². The van der Waals surface area contributed by atoms with Gasteiger partial charge in [0.25, 0.3) is 0 Å². The summed E-state index contributed by atoms with van der Waals surface area (Å²) in [7, 11) is 0. The molecule has 1 rings (SSSR count). The Morgan fingerprint density at radius 3 is 2.67 bits per heavy atom. The van der Waals surface area contributed by atoms with Gasteiger partial charge < -0.3 is 10.5 Å². The maximum absolute atomic E-state index is 8.82. The number of benzene rings is 1. The van der Waals surface area contributed by atoms with Crippen molar-refractivity contribution in [3.05, 3.63) is 23.8 Å². The van der Waals surface area contributed by atoms with E-state index in [0.29, 0.717) is 29.5 Å². The predicted octanol–water partition coefficient (Wildman–Crippen LogP) is 2.60. The Labute approximate surface area is 96.3 Å². The van der Waals surface area contributed by atoms with Gasteiger partial charge in [0.05, 0.1) is 12.2 Å². The number of ether oxygens (including phenoxy) is 1. The van der Waals surface area contributed by atoms with E-state index in [-0.39, 0.29) is 12.4 Å². The van der Waals surface area contributed by atoms with Crippen LogP contribution in [-0.4, -0.2) is 6.61 Å². The molecule has 0 amide bonds. The highest BCUT2D eigenvalue weighted by molar-refractivity contribution is 5.85. The van der Waals surface area contributed by atoms with Crippen molar-refractivity contribution >= 4 is 18.1 Å². The molecule has 0 atom stereocenters. The van der Waals surface area contributed by atoms with Gasteiger partial charge in [0, 0.05) is 5.69 Å². The maximum atomic E-state index is 8.82. The van der Waals surface area contributed by atoms with Crippen molar-refractivity contribution in [1.29, 1.82) is 5.26 Å². The molecule has 0 radical (unpaired) electrons. The lowest BCUT2D eigenvalue weighted by molar-refractivity contribution is 0.270. The van der Waals surface area contributed by atoms with Gasteiger partial charge in [-0.3, -0.25) is 0 Å². The molecule has 1 aromatic carbocycles. The molecule has 0 aliphatic heterocycles. The molecule has 0 saturated carbocycles. The number of nitrogen functional groups attached to an aromatic ring is 1. The van der Waals surface area contributed by atoms with Crippen LogP contribution in [0.1, 0.15) is 19.4 Å². The van der Waals surface area contributed by atoms with Crippen LogP contribution in [0.4, 0.5) is 5.69 Å². The first-order valence-electron chi connectivity index (χ1n) is 4.56. The zero-order valence-electron chi connectivity index (χ0n) is 8.86. The van der Waals surface area contributed by atoms with Crippen molar-refractivity contribution in [3.8, 4) is 11.8 Å². The van der Waals surface area contributed by atoms with E-state index >= 15 is 0 Å². The number of nitrogens with two attached hydrogens (primary N) is 1. The summed E-state index contributed by atoms with van der Waals surface area (Å²) in [6.07, 6.45) is 0. The molecule has 0 saturated heterocycles. The first kappa shape index (κ1) is 13.6. The standard InChI is InChI=1S/C11H14N2O.ClH/c1-8(2)7-14-11-4-3-10(13)5-9(11)6-12;/h3-5,8H,7,13H2,1-2H3;1H. The minimum absolute atomic E-state index is 0. The second kappa shape index (κ2) is 6.15. The Morgan fingerprint density at radius 2 is 2.13 bits per heavy atom. The summed E-state index contributed by atoms with van der Waals surface area (Å²) in [5.74, 6) is 1.05. The Bertz CT molecular complexity index is 358. The molecule has 1 aromatic rings. The highest BCUT2D eigenvalue weighted by Crippen LogP contribution is 2.20. The van der Waals surface area contributed by atoms with Crippen molar-refractivity contribution in [2.24, 2.45) is 5.92 Å². The Kier molecular flexibility index (Phi) is 5.58. The monoisotopic (exact) mass is 226 g/mol. The second-order valence-corrected chi connectivity index (χ2v) is 3.57. The molecule has 0 fully saturated rings. The average molecular weight is 227 g/mol. The first-order chi connectivity index (χ1) is 6.63. The van der Waals surface area contributed by atoms with Gasteiger partial charge in [0.2, 0.25) is 0 Å². The van der Waals surface area contributed by atoms with Crippen LogP contribution >= 0.6 is 12.4 Å². The summed E-state index contributed by atoms with van der Waals surface area (Å²) in [4.78, 5) is 0. The van der Waals surface area contributed by atoms with Crippen LogP contribution in [0.15, 0.2) is 18.2 Å². The fraction of sp³-hybridized carbons (Fsp3) is 0.364. The van der Waals surface area contributed by atoms with Crippen molar-refractivity contribution < 1.29 is 4.74 Å². The lowest BCUT2D eigenvalue weighted by Gasteiger charge is -2.09. The largest absolute Gasteiger partial charge is 0.492 e. The van der Waals surface area contributed by atoms with Gasteiger partial charge in [-0.25, -0.2) is 0 Å². The van der Waals surface area contributed by atoms with Crippen molar-refractivity contribution in [1.82, 2.24) is 0 Å². The predicted molar refractivity (Wildman–Crippen MR) is 63.2 cm³/mol. The minimum Gasteiger partial charge on any atom is -0.492 e. The number of hydrogen-bond acceptors (Lipinski definition) is 3. The number of rotatable bonds is 3. The zero-order chi connectivity index (χ0) is 10.6. The van der Waals surface area contributed by atoms with Gasteiger partial charge in [-0.2, -0.15) is 5.26 Å². The SMILES string of the molecule is CC(C)COc1ccc(N)cc1C#N.Cl. The van der Waals surface area contributed by atoms with E-state index in [1.54, 1.807) is 18.2 Å². The quantitative estimate of drug-likeness (QED) is 0.806. The smallest absolute Gasteiger partial charge is 0.137 e. The molecule has 0 aromatic heterocycles. The lowest BCUT2D eigenvalue weighted by Crippen LogP contribution is -2.05. The summed E-state index contributed by atoms with van der Waals surface area (Å²) in [6.45, 7) is 4.73. The summed E-state index contributed by atoms with van der Waals surface area (Å²) >= 11 is 0. The van der Waals surface area contributed by atoms with Gasteiger partial charge in [0.1, 0.15) is 11.8 Å². The van der Waals surface area contributed by atoms with Crippen molar-refractivity contribution in [3.63, 3.8) is 0 Å². The van der Waals surface area contributed by atoms with E-state index in [1.165, 1.54) is 0 Å². The van der Waals surface area contributed by atoms with Crippen LogP contribution in [0.25, 0.3) is 0 Å². The number of nitrogens with zero attached hydrogens (tertiary/aromatic N) is 1. The number of nitriles is 1. The maximum Gasteiger partial charge on any atom is 0.137 e. The average Bonchev–Trinajstić information content (AvgIpc) is 2.15. The molecular formula is C11H15ClN2O. The van der Waals surface area contributed by atoms with Crippen LogP contribution in [-0.2, 0) is 0 Å². The number of halogens is 1. The molecule has 2 N–H and O–H groups in total. The number of anilines is 1. The third-order valence-electron chi connectivity index (χ3n) is 1.70. The van der Waals surface area contributed by atoms with E-state index in [4.69, 9.17) is 15.7 Å². The van der Waals surface area contributed by atoms with Crippen molar-refractivity contribution in [2.75, 3.05) is 12.3 Å². The van der Waals surface area contributed by atoms with Crippen LogP contribution in [0.5, 0.6) is 5.75 Å². The molecule has 0 bridgehead atoms. The molecule has 0 heterocycles. The van der Waals surface area contributed by atoms with Gasteiger partial charge in [-0.15, -0.1) is 12.4 Å². The Morgan fingerprint density at radius 1 is 1.47 bits per heavy atom. The van der Waals surface area contributed by atoms with Gasteiger partial charge >= 0.3 is 0 Å². The summed E-state index contributed by atoms with van der Waals surface area (Å²) < 4.78 is 5.47. The van der Waals surface area contributed by atoms with Gasteiger partial charge in [-0.1, -0.05) is 13.8 Å². The minimum atomic E-state index is 0. The van der Waals surface area contributed by atoms with Gasteiger partial charge in [0.15, 0.2) is 0 Å². The molecule has 4 heteroatoms. The second-order valence-electron chi connectivity index (χ2n) is 3.57. The molecular weight excluding hydrogens is 212 g/mol. The van der Waals surface area contributed by atoms with E-state index in [0.717, 1.165) is 0 Å². The summed E-state index contributed by atoms with van der Waals surface area (Å²) in [5.41, 5.74) is 6.63. The van der Waals surface area contributed by atoms with Crippen LogP contribution in [0.3, 0.4) is 0 Å². The lowest BCUT2D eigenvalue weighted by atomic mass is 10.2. The third kappa shape index (κ3) is 4.09. The fourth-order valence-corrected chi connectivity index (χ4v) is 1.02. The molecule has 3 nitrogen and oxygen atoms in total. The van der Waals surface area contributed by atoms with Crippen LogP contribution in [0.2, 0.25) is 0 Å². The Hall–Kier alpha value is -1.40. The highest BCUT2D eigenvalue weighted by Gasteiger charge is 2.04.